The Morgan fingerprint density at radius 1 is 1.09 bits per heavy atom. The zero-order chi connectivity index (χ0) is 9.70. The van der Waals surface area contributed by atoms with Crippen LogP contribution in [-0.4, -0.2) is 34.6 Å². The van der Waals surface area contributed by atoms with E-state index in [1.54, 1.807) is 20.8 Å². The molecule has 3 N–H and O–H groups in total. The van der Waals surface area contributed by atoms with E-state index in [0.717, 1.165) is 6.42 Å². The van der Waals surface area contributed by atoms with Crippen molar-refractivity contribution in [3.63, 3.8) is 0 Å². The summed E-state index contributed by atoms with van der Waals surface area (Å²) in [7, 11) is 0. The number of hydrogen-bond donors (Lipinski definition) is 3. The lowest BCUT2D eigenvalue weighted by Crippen LogP contribution is -1.85. The predicted octanol–water partition coefficient (Wildman–Crippen LogP) is 0.774. The molecule has 3 heteroatoms. The number of hydrogen-bond acceptors (Lipinski definition) is 3. The molecule has 0 saturated heterocycles. The lowest BCUT2D eigenvalue weighted by molar-refractivity contribution is 0.216. The van der Waals surface area contributed by atoms with Crippen molar-refractivity contribution in [1.82, 2.24) is 0 Å². The van der Waals surface area contributed by atoms with Crippen molar-refractivity contribution in [1.29, 1.82) is 0 Å². The minimum atomic E-state index is -0.167. The maximum atomic E-state index is 8.06. The number of aliphatic hydroxyl groups excluding tert-OH is 3. The van der Waals surface area contributed by atoms with E-state index in [1.165, 1.54) is 0 Å². The molecule has 0 unspecified atom stereocenters. The quantitative estimate of drug-likeness (QED) is 0.539. The lowest BCUT2D eigenvalue weighted by atomic mass is 10.5. The Kier molecular flexibility index (Phi) is 35.0. The molecule has 3 nitrogen and oxygen atoms in total. The van der Waals surface area contributed by atoms with E-state index in [2.05, 4.69) is 0 Å². The van der Waals surface area contributed by atoms with Gasteiger partial charge in [0.05, 0.1) is 0 Å². The first-order valence-corrected chi connectivity index (χ1v) is 3.96. The highest BCUT2D eigenvalue weighted by molar-refractivity contribution is 4.20. The molecule has 0 saturated carbocycles. The van der Waals surface area contributed by atoms with Crippen LogP contribution in [0.2, 0.25) is 0 Å². The minimum absolute atomic E-state index is 0.167. The Labute approximate surface area is 69.7 Å². The molecule has 0 rings (SSSR count). The van der Waals surface area contributed by atoms with Crippen LogP contribution in [0.1, 0.15) is 34.1 Å². The summed E-state index contributed by atoms with van der Waals surface area (Å²) >= 11 is 0. The molecule has 0 aliphatic rings. The van der Waals surface area contributed by atoms with Crippen LogP contribution in [0, 0.1) is 0 Å². The van der Waals surface area contributed by atoms with Crippen LogP contribution in [0.3, 0.4) is 0 Å². The molecule has 0 atom stereocenters. The average Bonchev–Trinajstić information content (AvgIpc) is 1.88. The third kappa shape index (κ3) is 792. The highest BCUT2D eigenvalue weighted by Crippen LogP contribution is 1.65. The molecule has 0 bridgehead atoms. The lowest BCUT2D eigenvalue weighted by Gasteiger charge is -1.80. The van der Waals surface area contributed by atoms with Gasteiger partial charge in [-0.25, -0.2) is 0 Å². The van der Waals surface area contributed by atoms with E-state index >= 15 is 0 Å². The summed E-state index contributed by atoms with van der Waals surface area (Å²) in [5, 5.41) is 23.5. The first-order valence-electron chi connectivity index (χ1n) is 3.96. The largest absolute Gasteiger partial charge is 0.397 e. The highest BCUT2D eigenvalue weighted by atomic mass is 16.3. The summed E-state index contributed by atoms with van der Waals surface area (Å²) in [5.41, 5.74) is 0. The molecule has 0 aromatic rings. The van der Waals surface area contributed by atoms with Gasteiger partial charge in [0, 0.05) is 19.3 Å². The van der Waals surface area contributed by atoms with Gasteiger partial charge in [0.2, 0.25) is 0 Å². The maximum absolute atomic E-state index is 8.06. The van der Waals surface area contributed by atoms with Crippen LogP contribution < -0.4 is 0 Å². The van der Waals surface area contributed by atoms with Crippen LogP contribution in [0.5, 0.6) is 0 Å². The van der Waals surface area contributed by atoms with Crippen LogP contribution in [0.25, 0.3) is 0 Å². The third-order valence-electron chi connectivity index (χ3n) is 0.224. The van der Waals surface area contributed by atoms with Crippen molar-refractivity contribution in [3.8, 4) is 0 Å². The van der Waals surface area contributed by atoms with Crippen molar-refractivity contribution in [3.05, 3.63) is 0 Å². The smallest absolute Gasteiger partial charge is 0.0483 e. The van der Waals surface area contributed by atoms with Gasteiger partial charge in [0.25, 0.3) is 0 Å². The second-order valence-corrected chi connectivity index (χ2v) is 2.13. The zero-order valence-corrected chi connectivity index (χ0v) is 8.04. The molecule has 0 amide bonds. The van der Waals surface area contributed by atoms with E-state index < -0.39 is 0 Å². The maximum Gasteiger partial charge on any atom is 0.0483 e. The summed E-state index contributed by atoms with van der Waals surface area (Å²) in [5.74, 6) is 0. The monoisotopic (exact) mass is 166 g/mol. The van der Waals surface area contributed by atoms with Gasteiger partial charge in [-0.15, -0.1) is 0 Å². The molecular formula is C8H22O3. The van der Waals surface area contributed by atoms with Gasteiger partial charge in [-0.3, -0.25) is 0 Å². The predicted molar refractivity (Wildman–Crippen MR) is 47.5 cm³/mol. The van der Waals surface area contributed by atoms with Gasteiger partial charge in [0.15, 0.2) is 0 Å². The second-order valence-electron chi connectivity index (χ2n) is 2.13. The van der Waals surface area contributed by atoms with Gasteiger partial charge in [-0.05, 0) is 27.2 Å². The van der Waals surface area contributed by atoms with Crippen LogP contribution in [0.15, 0.2) is 0 Å². The van der Waals surface area contributed by atoms with Gasteiger partial charge in [0.1, 0.15) is 0 Å². The summed E-state index contributed by atoms with van der Waals surface area (Å²) in [6.07, 6.45) is 0.708. The van der Waals surface area contributed by atoms with E-state index in [4.69, 9.17) is 15.3 Å². The number of aliphatic hydroxyl groups is 3. The van der Waals surface area contributed by atoms with E-state index in [0.29, 0.717) is 6.61 Å². The van der Waals surface area contributed by atoms with E-state index in [1.807, 2.05) is 6.92 Å². The Morgan fingerprint density at radius 2 is 1.18 bits per heavy atom. The van der Waals surface area contributed by atoms with E-state index in [-0.39, 0.29) is 12.7 Å². The van der Waals surface area contributed by atoms with Crippen molar-refractivity contribution in [2.45, 2.75) is 40.2 Å². The SMILES string of the molecule is CC(C)O.CCCO.CCO. The summed E-state index contributed by atoms with van der Waals surface area (Å²) in [4.78, 5) is 0. The second kappa shape index (κ2) is 22.5. The van der Waals surface area contributed by atoms with Crippen LogP contribution >= 0.6 is 0 Å². The molecule has 0 heterocycles. The van der Waals surface area contributed by atoms with Gasteiger partial charge in [-0.2, -0.15) is 0 Å². The normalized spacial score (nSPS) is 7.64. The Hall–Kier alpha value is -0.120. The Morgan fingerprint density at radius 3 is 1.18 bits per heavy atom. The third-order valence-corrected chi connectivity index (χ3v) is 0.224. The summed E-state index contributed by atoms with van der Waals surface area (Å²) in [6.45, 7) is 7.62. The van der Waals surface area contributed by atoms with Crippen molar-refractivity contribution < 1.29 is 15.3 Å². The van der Waals surface area contributed by atoms with E-state index in [9.17, 15) is 0 Å². The Balaban J connectivity index is -0.0000000886. The molecule has 0 aromatic heterocycles. The van der Waals surface area contributed by atoms with Crippen molar-refractivity contribution in [2.75, 3.05) is 13.2 Å². The molecule has 72 valence electrons. The molecule has 0 aromatic carbocycles. The first kappa shape index (κ1) is 17.1. The minimum Gasteiger partial charge on any atom is -0.397 e. The zero-order valence-electron chi connectivity index (χ0n) is 8.04. The molecule has 0 aliphatic heterocycles. The standard InChI is InChI=1S/2C3H8O.C2H6O/c1-3(2)4;1-2-3-4;1-2-3/h3-4H,1-2H3;4H,2-3H2,1H3;3H,2H2,1H3. The molecule has 0 radical (unpaired) electrons. The first-order chi connectivity index (χ1) is 5.06. The fourth-order valence-electron chi connectivity index (χ4n) is 0. The molecule has 11 heavy (non-hydrogen) atoms. The molecular weight excluding hydrogens is 144 g/mol. The van der Waals surface area contributed by atoms with Crippen LogP contribution in [0.4, 0.5) is 0 Å². The fraction of sp³-hybridized carbons (Fsp3) is 1.00. The summed E-state index contributed by atoms with van der Waals surface area (Å²) < 4.78 is 0. The molecule has 0 fully saturated rings. The molecule has 0 aliphatic carbocycles. The number of rotatable bonds is 1. The molecule has 0 spiro atoms. The van der Waals surface area contributed by atoms with Gasteiger partial charge >= 0.3 is 0 Å². The van der Waals surface area contributed by atoms with Crippen LogP contribution in [-0.2, 0) is 0 Å². The highest BCUT2D eigenvalue weighted by Gasteiger charge is 1.69. The topological polar surface area (TPSA) is 60.7 Å². The van der Waals surface area contributed by atoms with Gasteiger partial charge < -0.3 is 15.3 Å². The summed E-state index contributed by atoms with van der Waals surface area (Å²) in [6, 6.07) is 0. The van der Waals surface area contributed by atoms with Gasteiger partial charge in [-0.1, -0.05) is 6.92 Å². The van der Waals surface area contributed by atoms with Crippen molar-refractivity contribution in [2.24, 2.45) is 0 Å². The van der Waals surface area contributed by atoms with Crippen molar-refractivity contribution >= 4 is 0 Å². The average molecular weight is 166 g/mol. The fourth-order valence-corrected chi connectivity index (χ4v) is 0. The Bertz CT molecular complexity index is 33.6.